The van der Waals surface area contributed by atoms with Crippen molar-refractivity contribution in [3.05, 3.63) is 84.3 Å². The highest BCUT2D eigenvalue weighted by atomic mass is 16.5. The quantitative estimate of drug-likeness (QED) is 0.505. The van der Waals surface area contributed by atoms with Crippen LogP contribution < -0.4 is 15.4 Å². The van der Waals surface area contributed by atoms with Crippen LogP contribution in [0.4, 0.5) is 5.69 Å². The Labute approximate surface area is 150 Å². The monoisotopic (exact) mass is 350 g/mol. The molecule has 1 atom stereocenters. The number of hydrogen-bond acceptors (Lipinski definition) is 5. The SMILES string of the molecule is COc1ccc(N[C@@H](NC(=O)c2ccco2)C(=O)c2ccccc2)cc1. The van der Waals surface area contributed by atoms with E-state index in [1.54, 1.807) is 61.7 Å². The van der Waals surface area contributed by atoms with Gasteiger partial charge in [0.2, 0.25) is 5.78 Å². The second-order valence-corrected chi connectivity index (χ2v) is 5.49. The molecule has 6 nitrogen and oxygen atoms in total. The van der Waals surface area contributed by atoms with Crippen LogP contribution in [0.25, 0.3) is 0 Å². The molecule has 0 saturated carbocycles. The van der Waals surface area contributed by atoms with Gasteiger partial charge in [-0.05, 0) is 36.4 Å². The molecule has 1 amide bonds. The molecule has 0 spiro atoms. The number of anilines is 1. The van der Waals surface area contributed by atoms with Gasteiger partial charge in [0.15, 0.2) is 11.9 Å². The van der Waals surface area contributed by atoms with E-state index >= 15 is 0 Å². The van der Waals surface area contributed by atoms with Crippen molar-refractivity contribution < 1.29 is 18.7 Å². The maximum absolute atomic E-state index is 12.8. The molecule has 2 N–H and O–H groups in total. The molecule has 0 bridgehead atoms. The van der Waals surface area contributed by atoms with Gasteiger partial charge >= 0.3 is 0 Å². The zero-order valence-corrected chi connectivity index (χ0v) is 14.1. The Morgan fingerprint density at radius 3 is 2.31 bits per heavy atom. The van der Waals surface area contributed by atoms with Gasteiger partial charge in [-0.2, -0.15) is 0 Å². The van der Waals surface area contributed by atoms with Gasteiger partial charge in [0.1, 0.15) is 5.75 Å². The first-order chi connectivity index (χ1) is 12.7. The average Bonchev–Trinajstić information content (AvgIpc) is 3.23. The summed E-state index contributed by atoms with van der Waals surface area (Å²) in [5, 5.41) is 5.71. The van der Waals surface area contributed by atoms with Crippen LogP contribution in [0, 0.1) is 0 Å². The third-order valence-electron chi connectivity index (χ3n) is 3.74. The van der Waals surface area contributed by atoms with E-state index in [1.807, 2.05) is 6.07 Å². The minimum atomic E-state index is -0.955. The Bertz CT molecular complexity index is 859. The summed E-state index contributed by atoms with van der Waals surface area (Å²) in [6.45, 7) is 0. The first-order valence-electron chi connectivity index (χ1n) is 8.01. The van der Waals surface area contributed by atoms with Crippen LogP contribution in [0.2, 0.25) is 0 Å². The zero-order chi connectivity index (χ0) is 18.4. The molecule has 1 heterocycles. The number of benzene rings is 2. The van der Waals surface area contributed by atoms with Gasteiger partial charge in [-0.3, -0.25) is 9.59 Å². The van der Waals surface area contributed by atoms with Crippen LogP contribution in [0.1, 0.15) is 20.9 Å². The predicted molar refractivity (Wildman–Crippen MR) is 97.4 cm³/mol. The summed E-state index contributed by atoms with van der Waals surface area (Å²) in [5.41, 5.74) is 1.15. The van der Waals surface area contributed by atoms with Gasteiger partial charge < -0.3 is 19.8 Å². The molecule has 6 heteroatoms. The molecular weight excluding hydrogens is 332 g/mol. The minimum absolute atomic E-state index is 0.132. The standard InChI is InChI=1S/C20H18N2O4/c1-25-16-11-9-15(10-12-16)21-19(18(23)14-6-3-2-4-7-14)22-20(24)17-8-5-13-26-17/h2-13,19,21H,1H3,(H,22,24)/t19-/m0/s1. The number of furan rings is 1. The molecular formula is C20H18N2O4. The Hall–Kier alpha value is -3.54. The summed E-state index contributed by atoms with van der Waals surface area (Å²) >= 11 is 0. The lowest BCUT2D eigenvalue weighted by atomic mass is 10.1. The van der Waals surface area contributed by atoms with Crippen LogP contribution >= 0.6 is 0 Å². The Kier molecular flexibility index (Phi) is 5.34. The third-order valence-corrected chi connectivity index (χ3v) is 3.74. The van der Waals surface area contributed by atoms with Gasteiger partial charge in [0.05, 0.1) is 13.4 Å². The fraction of sp³-hybridized carbons (Fsp3) is 0.100. The van der Waals surface area contributed by atoms with E-state index < -0.39 is 12.1 Å². The van der Waals surface area contributed by atoms with Crippen molar-refractivity contribution in [3.63, 3.8) is 0 Å². The van der Waals surface area contributed by atoms with Crippen LogP contribution in [-0.4, -0.2) is 25.0 Å². The third kappa shape index (κ3) is 4.10. The van der Waals surface area contributed by atoms with E-state index in [1.165, 1.54) is 12.3 Å². The number of nitrogens with one attached hydrogen (secondary N) is 2. The summed E-state index contributed by atoms with van der Waals surface area (Å²) in [4.78, 5) is 25.2. The van der Waals surface area contributed by atoms with Crippen molar-refractivity contribution in [1.29, 1.82) is 0 Å². The minimum Gasteiger partial charge on any atom is -0.497 e. The number of Topliss-reactive ketones (excluding diaryl/α,β-unsaturated/α-hetero) is 1. The van der Waals surface area contributed by atoms with Crippen LogP contribution in [0.5, 0.6) is 5.75 Å². The average molecular weight is 350 g/mol. The first kappa shape index (κ1) is 17.3. The van der Waals surface area contributed by atoms with Crippen molar-refractivity contribution in [2.24, 2.45) is 0 Å². The Balaban J connectivity index is 1.82. The van der Waals surface area contributed by atoms with E-state index in [2.05, 4.69) is 10.6 Å². The molecule has 26 heavy (non-hydrogen) atoms. The zero-order valence-electron chi connectivity index (χ0n) is 14.1. The molecule has 1 aromatic heterocycles. The molecule has 0 aliphatic rings. The molecule has 3 rings (SSSR count). The number of hydrogen-bond donors (Lipinski definition) is 2. The molecule has 0 fully saturated rings. The van der Waals surface area contributed by atoms with Crippen LogP contribution in [0.3, 0.4) is 0 Å². The van der Waals surface area contributed by atoms with E-state index in [9.17, 15) is 9.59 Å². The fourth-order valence-electron chi connectivity index (χ4n) is 2.40. The molecule has 0 aliphatic carbocycles. The number of carbonyl (C=O) groups is 2. The summed E-state index contributed by atoms with van der Waals surface area (Å²) in [6, 6.07) is 19.0. The number of ether oxygens (including phenoxy) is 1. The molecule has 0 saturated heterocycles. The second-order valence-electron chi connectivity index (χ2n) is 5.49. The van der Waals surface area contributed by atoms with E-state index in [0.717, 1.165) is 0 Å². The molecule has 3 aromatic rings. The van der Waals surface area contributed by atoms with Crippen molar-refractivity contribution >= 4 is 17.4 Å². The smallest absolute Gasteiger partial charge is 0.288 e. The molecule has 0 unspecified atom stereocenters. The number of methoxy groups -OCH3 is 1. The van der Waals surface area contributed by atoms with E-state index in [4.69, 9.17) is 9.15 Å². The lowest BCUT2D eigenvalue weighted by molar-refractivity contribution is 0.0853. The van der Waals surface area contributed by atoms with Crippen molar-refractivity contribution in [1.82, 2.24) is 5.32 Å². The predicted octanol–water partition coefficient (Wildman–Crippen LogP) is 3.34. The van der Waals surface area contributed by atoms with Crippen LogP contribution in [0.15, 0.2) is 77.4 Å². The number of amides is 1. The van der Waals surface area contributed by atoms with Gasteiger partial charge in [-0.15, -0.1) is 0 Å². The fourth-order valence-corrected chi connectivity index (χ4v) is 2.40. The van der Waals surface area contributed by atoms with Crippen molar-refractivity contribution in [3.8, 4) is 5.75 Å². The highest BCUT2D eigenvalue weighted by Crippen LogP contribution is 2.17. The van der Waals surface area contributed by atoms with Crippen molar-refractivity contribution in [2.75, 3.05) is 12.4 Å². The number of ketones is 1. The highest BCUT2D eigenvalue weighted by molar-refractivity contribution is 6.04. The summed E-state index contributed by atoms with van der Waals surface area (Å²) in [5.74, 6) is 0.0834. The van der Waals surface area contributed by atoms with Gasteiger partial charge in [0, 0.05) is 11.3 Å². The maximum Gasteiger partial charge on any atom is 0.288 e. The van der Waals surface area contributed by atoms with E-state index in [0.29, 0.717) is 17.0 Å². The summed E-state index contributed by atoms with van der Waals surface area (Å²) in [6.07, 6.45) is 0.447. The molecule has 132 valence electrons. The van der Waals surface area contributed by atoms with Gasteiger partial charge in [-0.25, -0.2) is 0 Å². The Morgan fingerprint density at radius 2 is 1.69 bits per heavy atom. The second kappa shape index (κ2) is 8.02. The van der Waals surface area contributed by atoms with E-state index in [-0.39, 0.29) is 11.5 Å². The topological polar surface area (TPSA) is 80.6 Å². The van der Waals surface area contributed by atoms with Crippen LogP contribution in [-0.2, 0) is 0 Å². The lowest BCUT2D eigenvalue weighted by Gasteiger charge is -2.20. The largest absolute Gasteiger partial charge is 0.497 e. The highest BCUT2D eigenvalue weighted by Gasteiger charge is 2.23. The molecule has 0 radical (unpaired) electrons. The normalized spacial score (nSPS) is 11.4. The Morgan fingerprint density at radius 1 is 0.962 bits per heavy atom. The summed E-state index contributed by atoms with van der Waals surface area (Å²) in [7, 11) is 1.58. The van der Waals surface area contributed by atoms with Gasteiger partial charge in [-0.1, -0.05) is 30.3 Å². The van der Waals surface area contributed by atoms with Crippen molar-refractivity contribution in [2.45, 2.75) is 6.17 Å². The summed E-state index contributed by atoms with van der Waals surface area (Å²) < 4.78 is 10.2. The number of rotatable bonds is 7. The maximum atomic E-state index is 12.8. The first-order valence-corrected chi connectivity index (χ1v) is 8.01. The van der Waals surface area contributed by atoms with Gasteiger partial charge in [0.25, 0.3) is 5.91 Å². The molecule has 2 aromatic carbocycles. The molecule has 0 aliphatic heterocycles. The number of carbonyl (C=O) groups excluding carboxylic acids is 2. The lowest BCUT2D eigenvalue weighted by Crippen LogP contribution is -2.46.